The van der Waals surface area contributed by atoms with Crippen LogP contribution in [0, 0.1) is 0 Å². The van der Waals surface area contributed by atoms with E-state index in [1.54, 1.807) is 0 Å². The molecule has 0 bridgehead atoms. The maximum absolute atomic E-state index is 5.91. The van der Waals surface area contributed by atoms with Gasteiger partial charge in [0, 0.05) is 10.0 Å². The van der Waals surface area contributed by atoms with Crippen LogP contribution in [0.25, 0.3) is 0 Å². The van der Waals surface area contributed by atoms with Crippen molar-refractivity contribution in [2.75, 3.05) is 18.0 Å². The predicted octanol–water partition coefficient (Wildman–Crippen LogP) is 4.19. The van der Waals surface area contributed by atoms with Gasteiger partial charge in [-0.3, -0.25) is 0 Å². The minimum Gasteiger partial charge on any atom is -0.230 e. The number of anilines is 1. The third kappa shape index (κ3) is 2.75. The number of benzene rings is 2. The molecule has 0 radical (unpaired) electrons. The summed E-state index contributed by atoms with van der Waals surface area (Å²) in [5.41, 5.74) is 2.31. The summed E-state index contributed by atoms with van der Waals surface area (Å²) in [5.74, 6) is 0. The minimum atomic E-state index is 0.762. The Labute approximate surface area is 122 Å². The summed E-state index contributed by atoms with van der Waals surface area (Å²) < 4.78 is 2.21. The van der Waals surface area contributed by atoms with Crippen molar-refractivity contribution in [2.45, 2.75) is 0 Å². The summed E-state index contributed by atoms with van der Waals surface area (Å²) in [5, 5.41) is 1.52. The zero-order valence-corrected chi connectivity index (χ0v) is 11.8. The van der Waals surface area contributed by atoms with Crippen LogP contribution in [0.15, 0.2) is 48.5 Å². The fourth-order valence-electron chi connectivity index (χ4n) is 2.16. The number of hydrogen-bond donors (Lipinski definition) is 0. The van der Waals surface area contributed by atoms with Crippen LogP contribution in [-0.4, -0.2) is 24.0 Å². The van der Waals surface area contributed by atoms with Gasteiger partial charge in [-0.15, -0.1) is 0 Å². The maximum atomic E-state index is 5.91. The molecule has 0 unspecified atom stereocenters. The second-order valence-corrected chi connectivity index (χ2v) is 5.33. The fraction of sp³-hybridized carbons (Fsp3) is 0.133. The molecule has 0 saturated heterocycles. The van der Waals surface area contributed by atoms with E-state index < -0.39 is 0 Å². The molecule has 0 aromatic heterocycles. The molecule has 4 heteroatoms. The van der Waals surface area contributed by atoms with Gasteiger partial charge in [-0.2, -0.15) is 0 Å². The van der Waals surface area contributed by atoms with Crippen LogP contribution < -0.4 is 4.90 Å². The summed E-state index contributed by atoms with van der Waals surface area (Å²) in [6, 6.07) is 15.8. The Kier molecular flexibility index (Phi) is 3.45. The van der Waals surface area contributed by atoms with Crippen molar-refractivity contribution in [3.8, 4) is 0 Å². The highest BCUT2D eigenvalue weighted by atomic mass is 35.5. The smallest absolute Gasteiger partial charge is 0.230 e. The van der Waals surface area contributed by atoms with Gasteiger partial charge < -0.3 is 0 Å². The van der Waals surface area contributed by atoms with Gasteiger partial charge >= 0.3 is 0 Å². The SMILES string of the molecule is Clc1ccc(N2C=[N+](c3ccc(Cl)cc3)CC2)cc1. The van der Waals surface area contributed by atoms with Crippen LogP contribution in [0.2, 0.25) is 10.0 Å². The van der Waals surface area contributed by atoms with E-state index in [9.17, 15) is 0 Å². The molecular weight excluding hydrogens is 279 g/mol. The molecule has 0 amide bonds. The molecule has 0 N–H and O–H groups in total. The average molecular weight is 292 g/mol. The summed E-state index contributed by atoms with van der Waals surface area (Å²) >= 11 is 11.8. The van der Waals surface area contributed by atoms with Crippen molar-refractivity contribution in [1.29, 1.82) is 0 Å². The van der Waals surface area contributed by atoms with E-state index in [0.717, 1.165) is 34.5 Å². The van der Waals surface area contributed by atoms with Crippen molar-refractivity contribution < 1.29 is 4.58 Å². The molecule has 1 aliphatic heterocycles. The first kappa shape index (κ1) is 12.5. The first-order valence-corrected chi connectivity index (χ1v) is 6.87. The highest BCUT2D eigenvalue weighted by molar-refractivity contribution is 6.30. The Balaban J connectivity index is 1.84. The highest BCUT2D eigenvalue weighted by Gasteiger charge is 2.22. The average Bonchev–Trinajstić information content (AvgIpc) is 2.90. The second kappa shape index (κ2) is 5.24. The number of halogens is 2. The van der Waals surface area contributed by atoms with Crippen molar-refractivity contribution in [3.63, 3.8) is 0 Å². The summed E-state index contributed by atoms with van der Waals surface area (Å²) in [6.07, 6.45) is 2.12. The topological polar surface area (TPSA) is 6.25 Å². The lowest BCUT2D eigenvalue weighted by Gasteiger charge is -2.05. The lowest BCUT2D eigenvalue weighted by atomic mass is 10.3. The third-order valence-electron chi connectivity index (χ3n) is 3.18. The van der Waals surface area contributed by atoms with Crippen molar-refractivity contribution in [3.05, 3.63) is 58.6 Å². The molecule has 2 nitrogen and oxygen atoms in total. The van der Waals surface area contributed by atoms with Gasteiger partial charge in [0.2, 0.25) is 6.34 Å². The van der Waals surface area contributed by atoms with Crippen LogP contribution in [0.4, 0.5) is 11.4 Å². The second-order valence-electron chi connectivity index (χ2n) is 4.46. The lowest BCUT2D eigenvalue weighted by molar-refractivity contribution is -0.424. The standard InChI is InChI=1S/C15H13Cl2N2/c16-12-1-5-14(6-2-12)18-9-10-19(11-18)15-7-3-13(17)4-8-15/h1-8,11H,9-10H2/q+1. The molecule has 1 heterocycles. The molecule has 0 fully saturated rings. The van der Waals surface area contributed by atoms with Crippen molar-refractivity contribution >= 4 is 40.9 Å². The number of hydrogen-bond acceptors (Lipinski definition) is 1. The minimum absolute atomic E-state index is 0.762. The van der Waals surface area contributed by atoms with Crippen LogP contribution in [0.5, 0.6) is 0 Å². The predicted molar refractivity (Wildman–Crippen MR) is 81.1 cm³/mol. The zero-order valence-electron chi connectivity index (χ0n) is 10.3. The van der Waals surface area contributed by atoms with Crippen LogP contribution in [-0.2, 0) is 0 Å². The number of nitrogens with zero attached hydrogens (tertiary/aromatic N) is 2. The normalized spacial score (nSPS) is 14.6. The molecule has 2 aromatic rings. The van der Waals surface area contributed by atoms with E-state index in [2.05, 4.69) is 15.8 Å². The first-order valence-electron chi connectivity index (χ1n) is 6.12. The Morgan fingerprint density at radius 1 is 0.842 bits per heavy atom. The van der Waals surface area contributed by atoms with Crippen LogP contribution >= 0.6 is 23.2 Å². The zero-order chi connectivity index (χ0) is 13.2. The molecular formula is C15H13Cl2N2+. The van der Waals surface area contributed by atoms with Gasteiger partial charge in [-0.05, 0) is 48.5 Å². The van der Waals surface area contributed by atoms with E-state index in [4.69, 9.17) is 23.2 Å². The molecule has 0 atom stereocenters. The molecule has 0 aliphatic carbocycles. The summed E-state index contributed by atoms with van der Waals surface area (Å²) in [7, 11) is 0. The molecule has 1 aliphatic rings. The van der Waals surface area contributed by atoms with Crippen molar-refractivity contribution in [2.24, 2.45) is 0 Å². The van der Waals surface area contributed by atoms with E-state index in [0.29, 0.717) is 0 Å². The van der Waals surface area contributed by atoms with Crippen molar-refractivity contribution in [1.82, 2.24) is 0 Å². The van der Waals surface area contributed by atoms with Gasteiger partial charge in [0.1, 0.15) is 24.5 Å². The fourth-order valence-corrected chi connectivity index (χ4v) is 2.41. The van der Waals surface area contributed by atoms with Crippen LogP contribution in [0.3, 0.4) is 0 Å². The lowest BCUT2D eigenvalue weighted by Crippen LogP contribution is -2.17. The molecule has 19 heavy (non-hydrogen) atoms. The van der Waals surface area contributed by atoms with Gasteiger partial charge in [-0.25, -0.2) is 9.48 Å². The van der Waals surface area contributed by atoms with Gasteiger partial charge in [0.05, 0.1) is 0 Å². The van der Waals surface area contributed by atoms with E-state index in [1.165, 1.54) is 0 Å². The Morgan fingerprint density at radius 2 is 1.42 bits per heavy atom. The van der Waals surface area contributed by atoms with E-state index in [1.807, 2.05) is 48.5 Å². The Morgan fingerprint density at radius 3 is 2.05 bits per heavy atom. The largest absolute Gasteiger partial charge is 0.244 e. The quantitative estimate of drug-likeness (QED) is 0.752. The van der Waals surface area contributed by atoms with Crippen LogP contribution in [0.1, 0.15) is 0 Å². The monoisotopic (exact) mass is 291 g/mol. The summed E-state index contributed by atoms with van der Waals surface area (Å²) in [4.78, 5) is 2.21. The maximum Gasteiger partial charge on any atom is 0.244 e. The highest BCUT2D eigenvalue weighted by Crippen LogP contribution is 2.21. The Hall–Kier alpha value is -1.51. The Bertz CT molecular complexity index is 603. The van der Waals surface area contributed by atoms with E-state index >= 15 is 0 Å². The first-order chi connectivity index (χ1) is 9.22. The molecule has 0 spiro atoms. The molecule has 3 rings (SSSR count). The van der Waals surface area contributed by atoms with Gasteiger partial charge in [0.25, 0.3) is 0 Å². The van der Waals surface area contributed by atoms with E-state index in [-0.39, 0.29) is 0 Å². The molecule has 96 valence electrons. The number of rotatable bonds is 2. The van der Waals surface area contributed by atoms with Gasteiger partial charge in [0.15, 0.2) is 0 Å². The molecule has 0 saturated carbocycles. The molecule has 2 aromatic carbocycles. The summed E-state index contributed by atoms with van der Waals surface area (Å²) in [6.45, 7) is 1.93. The third-order valence-corrected chi connectivity index (χ3v) is 3.68. The van der Waals surface area contributed by atoms with Gasteiger partial charge in [-0.1, -0.05) is 23.2 Å².